The van der Waals surface area contributed by atoms with Gasteiger partial charge in [0.2, 0.25) is 15.9 Å². The van der Waals surface area contributed by atoms with Crippen molar-refractivity contribution in [2.75, 3.05) is 35.6 Å². The summed E-state index contributed by atoms with van der Waals surface area (Å²) in [6.45, 7) is 2.78. The summed E-state index contributed by atoms with van der Waals surface area (Å²) in [6.07, 6.45) is 1.81. The third kappa shape index (κ3) is 6.14. The van der Waals surface area contributed by atoms with Gasteiger partial charge in [-0.15, -0.1) is 0 Å². The summed E-state index contributed by atoms with van der Waals surface area (Å²) >= 11 is 5.98. The molecule has 0 aliphatic rings. The molecule has 6 nitrogen and oxygen atoms in total. The summed E-state index contributed by atoms with van der Waals surface area (Å²) < 4.78 is 25.6. The molecule has 0 saturated carbocycles. The number of para-hydroxylation sites is 1. The number of nitrogens with zero attached hydrogens (tertiary/aromatic N) is 2. The van der Waals surface area contributed by atoms with Crippen molar-refractivity contribution in [2.24, 2.45) is 0 Å². The first-order valence-corrected chi connectivity index (χ1v) is 11.2. The lowest BCUT2D eigenvalue weighted by atomic mass is 10.2. The minimum absolute atomic E-state index is 0.354. The average Bonchev–Trinajstić information content (AvgIpc) is 2.64. The molecule has 0 spiro atoms. The van der Waals surface area contributed by atoms with Crippen LogP contribution >= 0.6 is 11.6 Å². The summed E-state index contributed by atoms with van der Waals surface area (Å²) in [5.41, 5.74) is 1.47. The molecule has 28 heavy (non-hydrogen) atoms. The summed E-state index contributed by atoms with van der Waals surface area (Å²) in [7, 11) is -1.66. The van der Waals surface area contributed by atoms with Crippen LogP contribution in [0.1, 0.15) is 13.3 Å². The highest BCUT2D eigenvalue weighted by atomic mass is 35.5. The summed E-state index contributed by atoms with van der Waals surface area (Å²) in [4.78, 5) is 14.6. The molecular weight excluding hydrogens is 398 g/mol. The van der Waals surface area contributed by atoms with E-state index in [2.05, 4.69) is 10.2 Å². The van der Waals surface area contributed by atoms with Gasteiger partial charge in [-0.05, 0) is 43.7 Å². The number of sulfonamides is 1. The Bertz CT molecular complexity index is 891. The number of halogens is 1. The minimum Gasteiger partial charge on any atom is -0.375 e. The second kappa shape index (κ2) is 9.80. The van der Waals surface area contributed by atoms with Crippen LogP contribution in [-0.2, 0) is 14.8 Å². The average molecular weight is 424 g/mol. The zero-order valence-electron chi connectivity index (χ0n) is 16.3. The highest BCUT2D eigenvalue weighted by Crippen LogP contribution is 2.24. The zero-order chi connectivity index (χ0) is 20.7. The van der Waals surface area contributed by atoms with Gasteiger partial charge in [-0.1, -0.05) is 35.9 Å². The van der Waals surface area contributed by atoms with E-state index in [1.54, 1.807) is 25.1 Å². The number of carbonyl (C=O) groups is 1. The molecule has 2 aromatic rings. The molecule has 0 aromatic heterocycles. The number of hydrogen-bond acceptors (Lipinski definition) is 4. The Balaban J connectivity index is 1.94. The maximum absolute atomic E-state index is 12.5. The van der Waals surface area contributed by atoms with Crippen LogP contribution in [0.5, 0.6) is 0 Å². The first-order valence-electron chi connectivity index (χ1n) is 8.99. The van der Waals surface area contributed by atoms with Gasteiger partial charge in [0.25, 0.3) is 0 Å². The highest BCUT2D eigenvalue weighted by Gasteiger charge is 2.29. The van der Waals surface area contributed by atoms with Crippen molar-refractivity contribution in [3.8, 4) is 0 Å². The molecule has 0 heterocycles. The predicted molar refractivity (Wildman–Crippen MR) is 116 cm³/mol. The summed E-state index contributed by atoms with van der Waals surface area (Å²) in [5, 5.41) is 3.23. The fourth-order valence-electron chi connectivity index (χ4n) is 2.91. The van der Waals surface area contributed by atoms with E-state index in [9.17, 15) is 13.2 Å². The van der Waals surface area contributed by atoms with E-state index in [-0.39, 0.29) is 5.91 Å². The summed E-state index contributed by atoms with van der Waals surface area (Å²) in [5.74, 6) is -0.354. The van der Waals surface area contributed by atoms with Crippen molar-refractivity contribution < 1.29 is 13.2 Å². The van der Waals surface area contributed by atoms with Gasteiger partial charge in [0.15, 0.2) is 0 Å². The van der Waals surface area contributed by atoms with E-state index in [1.165, 1.54) is 6.07 Å². The van der Waals surface area contributed by atoms with Crippen molar-refractivity contribution in [3.63, 3.8) is 0 Å². The van der Waals surface area contributed by atoms with Crippen molar-refractivity contribution in [3.05, 3.63) is 59.6 Å². The van der Waals surface area contributed by atoms with Crippen LogP contribution in [-0.4, -0.2) is 46.8 Å². The fraction of sp³-hybridized carbons (Fsp3) is 0.350. The topological polar surface area (TPSA) is 69.7 Å². The molecule has 0 fully saturated rings. The van der Waals surface area contributed by atoms with Crippen molar-refractivity contribution >= 4 is 38.9 Å². The first kappa shape index (κ1) is 22.0. The Kier molecular flexibility index (Phi) is 7.71. The lowest BCUT2D eigenvalue weighted by Crippen LogP contribution is -2.48. The van der Waals surface area contributed by atoms with Crippen LogP contribution in [0, 0.1) is 0 Å². The van der Waals surface area contributed by atoms with E-state index < -0.39 is 16.1 Å². The number of hydrogen-bond donors (Lipinski definition) is 1. The van der Waals surface area contributed by atoms with E-state index >= 15 is 0 Å². The molecule has 0 radical (unpaired) electrons. The quantitative estimate of drug-likeness (QED) is 0.629. The third-order valence-corrected chi connectivity index (χ3v) is 5.79. The second-order valence-corrected chi connectivity index (χ2v) is 8.91. The molecule has 1 unspecified atom stereocenters. The van der Waals surface area contributed by atoms with Crippen LogP contribution < -0.4 is 14.5 Å². The van der Waals surface area contributed by atoms with Crippen LogP contribution in [0.15, 0.2) is 54.6 Å². The van der Waals surface area contributed by atoms with Crippen molar-refractivity contribution in [1.29, 1.82) is 0 Å². The largest absolute Gasteiger partial charge is 0.375 e. The Labute approximate surface area is 172 Å². The van der Waals surface area contributed by atoms with Gasteiger partial charge in [-0.2, -0.15) is 0 Å². The normalized spacial score (nSPS) is 12.3. The Morgan fingerprint density at radius 1 is 1.11 bits per heavy atom. The smallest absolute Gasteiger partial charge is 0.243 e. The molecule has 0 saturated heterocycles. The Morgan fingerprint density at radius 2 is 1.75 bits per heavy atom. The number of amides is 1. The number of nitrogens with one attached hydrogen (secondary N) is 1. The molecular formula is C20H26ClN3O3S. The van der Waals surface area contributed by atoms with Crippen molar-refractivity contribution in [1.82, 2.24) is 5.32 Å². The molecule has 1 amide bonds. The maximum atomic E-state index is 12.5. The molecule has 2 rings (SSSR count). The molecule has 0 bridgehead atoms. The number of anilines is 2. The number of benzene rings is 2. The van der Waals surface area contributed by atoms with Crippen molar-refractivity contribution in [2.45, 2.75) is 19.4 Å². The standard InChI is InChI=1S/C20H26ClN3O3S/c1-16(24(28(3,26)27)19-12-7-9-17(21)15-19)20(25)22-13-8-14-23(2)18-10-5-4-6-11-18/h4-7,9-12,15-16H,8,13-14H2,1-3H3,(H,22,25). The van der Waals surface area contributed by atoms with Crippen LogP contribution in [0.4, 0.5) is 11.4 Å². The molecule has 1 N–H and O–H groups in total. The van der Waals surface area contributed by atoms with Gasteiger partial charge >= 0.3 is 0 Å². The fourth-order valence-corrected chi connectivity index (χ4v) is 4.26. The van der Waals surface area contributed by atoms with Gasteiger partial charge in [0.1, 0.15) is 6.04 Å². The third-order valence-electron chi connectivity index (χ3n) is 4.32. The van der Waals surface area contributed by atoms with Crippen LogP contribution in [0.3, 0.4) is 0 Å². The predicted octanol–water partition coefficient (Wildman–Crippen LogP) is 3.14. The molecule has 1 atom stereocenters. The molecule has 152 valence electrons. The summed E-state index contributed by atoms with van der Waals surface area (Å²) in [6, 6.07) is 15.5. The van der Waals surface area contributed by atoms with Gasteiger partial charge in [0.05, 0.1) is 11.9 Å². The first-order chi connectivity index (χ1) is 13.2. The minimum atomic E-state index is -3.65. The van der Waals surface area contributed by atoms with Gasteiger partial charge in [-0.25, -0.2) is 8.42 Å². The highest BCUT2D eigenvalue weighted by molar-refractivity contribution is 7.92. The Morgan fingerprint density at radius 3 is 2.36 bits per heavy atom. The van der Waals surface area contributed by atoms with Gasteiger partial charge < -0.3 is 10.2 Å². The molecule has 2 aromatic carbocycles. The van der Waals surface area contributed by atoms with Gasteiger partial charge in [0, 0.05) is 30.8 Å². The number of carbonyl (C=O) groups excluding carboxylic acids is 1. The second-order valence-electron chi connectivity index (χ2n) is 6.62. The van der Waals surface area contributed by atoms with Crippen LogP contribution in [0.2, 0.25) is 5.02 Å². The van der Waals surface area contributed by atoms with E-state index in [0.717, 1.165) is 29.2 Å². The monoisotopic (exact) mass is 423 g/mol. The number of rotatable bonds is 9. The SMILES string of the molecule is CC(C(=O)NCCCN(C)c1ccccc1)N(c1cccc(Cl)c1)S(C)(=O)=O. The lowest BCUT2D eigenvalue weighted by Gasteiger charge is -2.28. The van der Waals surface area contributed by atoms with E-state index in [1.807, 2.05) is 37.4 Å². The maximum Gasteiger partial charge on any atom is 0.243 e. The van der Waals surface area contributed by atoms with E-state index in [4.69, 9.17) is 11.6 Å². The zero-order valence-corrected chi connectivity index (χ0v) is 17.9. The molecule has 0 aliphatic carbocycles. The lowest BCUT2D eigenvalue weighted by molar-refractivity contribution is -0.121. The molecule has 8 heteroatoms. The van der Waals surface area contributed by atoms with Gasteiger partial charge in [-0.3, -0.25) is 9.10 Å². The molecule has 0 aliphatic heterocycles. The van der Waals surface area contributed by atoms with Crippen LogP contribution in [0.25, 0.3) is 0 Å². The van der Waals surface area contributed by atoms with E-state index in [0.29, 0.717) is 17.3 Å². The Hall–Kier alpha value is -2.25.